The molecule has 0 atom stereocenters. The zero-order valence-corrected chi connectivity index (χ0v) is 17.0. The number of carbonyl (C=O) groups is 1. The molecular weight excluding hydrogens is 457 g/mol. The van der Waals surface area contributed by atoms with Gasteiger partial charge < -0.3 is 9.88 Å². The number of anilines is 1. The predicted octanol–water partition coefficient (Wildman–Crippen LogP) is 1.65. The number of nitrogens with one attached hydrogen (secondary N) is 1. The van der Waals surface area contributed by atoms with Crippen molar-refractivity contribution in [3.8, 4) is 0 Å². The second-order valence-electron chi connectivity index (χ2n) is 5.63. The van der Waals surface area contributed by atoms with E-state index >= 15 is 0 Å². The molecule has 0 radical (unpaired) electrons. The number of rotatable bonds is 5. The molecule has 2 rings (SSSR count). The Kier molecular flexibility index (Phi) is 6.01. The Labute approximate surface area is 159 Å². The zero-order chi connectivity index (χ0) is 18.8. The number of sulfonamides is 1. The SMILES string of the molecule is Cc1cc(I)ccc1NC(=O)Cn1cc(S(=O)(=O)N(C)C)ccc1=O. The molecule has 0 unspecified atom stereocenters. The van der Waals surface area contributed by atoms with Crippen molar-refractivity contribution in [2.45, 2.75) is 18.4 Å². The lowest BCUT2D eigenvalue weighted by atomic mass is 10.2. The van der Waals surface area contributed by atoms with E-state index in [1.165, 1.54) is 26.4 Å². The lowest BCUT2D eigenvalue weighted by Gasteiger charge is -2.13. The Morgan fingerprint density at radius 2 is 1.92 bits per heavy atom. The van der Waals surface area contributed by atoms with Gasteiger partial charge in [0.1, 0.15) is 6.54 Å². The van der Waals surface area contributed by atoms with Crippen molar-refractivity contribution in [1.29, 1.82) is 0 Å². The van der Waals surface area contributed by atoms with Gasteiger partial charge in [0, 0.05) is 35.6 Å². The number of amides is 1. The van der Waals surface area contributed by atoms with Crippen molar-refractivity contribution in [3.63, 3.8) is 0 Å². The fraction of sp³-hybridized carbons (Fsp3) is 0.250. The van der Waals surface area contributed by atoms with Gasteiger partial charge in [-0.3, -0.25) is 9.59 Å². The van der Waals surface area contributed by atoms with E-state index in [1.54, 1.807) is 6.07 Å². The smallest absolute Gasteiger partial charge is 0.251 e. The van der Waals surface area contributed by atoms with Gasteiger partial charge in [0.15, 0.2) is 0 Å². The summed E-state index contributed by atoms with van der Waals surface area (Å²) in [4.78, 5) is 24.1. The molecule has 1 heterocycles. The molecule has 1 aromatic heterocycles. The van der Waals surface area contributed by atoms with Crippen LogP contribution in [0, 0.1) is 10.5 Å². The highest BCUT2D eigenvalue weighted by Gasteiger charge is 2.18. The second kappa shape index (κ2) is 7.67. The number of hydrogen-bond donors (Lipinski definition) is 1. The summed E-state index contributed by atoms with van der Waals surface area (Å²) < 4.78 is 27.5. The van der Waals surface area contributed by atoms with Gasteiger partial charge in [-0.2, -0.15) is 0 Å². The first-order valence-electron chi connectivity index (χ1n) is 7.30. The summed E-state index contributed by atoms with van der Waals surface area (Å²) in [5, 5.41) is 2.73. The van der Waals surface area contributed by atoms with E-state index in [0.717, 1.165) is 24.1 Å². The molecule has 0 saturated heterocycles. The molecule has 134 valence electrons. The summed E-state index contributed by atoms with van der Waals surface area (Å²) >= 11 is 2.18. The van der Waals surface area contributed by atoms with Crippen molar-refractivity contribution >= 4 is 44.2 Å². The van der Waals surface area contributed by atoms with E-state index in [9.17, 15) is 18.0 Å². The van der Waals surface area contributed by atoms with Crippen LogP contribution in [-0.2, 0) is 21.4 Å². The van der Waals surface area contributed by atoms with Crippen molar-refractivity contribution in [2.24, 2.45) is 0 Å². The molecule has 0 fully saturated rings. The van der Waals surface area contributed by atoms with Crippen LogP contribution in [0.3, 0.4) is 0 Å². The number of aromatic nitrogens is 1. The third kappa shape index (κ3) is 4.67. The summed E-state index contributed by atoms with van der Waals surface area (Å²) in [6, 6.07) is 7.94. The summed E-state index contributed by atoms with van der Waals surface area (Å²) in [6.07, 6.45) is 1.18. The molecule has 1 N–H and O–H groups in total. The highest BCUT2D eigenvalue weighted by molar-refractivity contribution is 14.1. The number of benzene rings is 1. The average Bonchev–Trinajstić information content (AvgIpc) is 2.52. The van der Waals surface area contributed by atoms with Crippen molar-refractivity contribution < 1.29 is 13.2 Å². The highest BCUT2D eigenvalue weighted by Crippen LogP contribution is 2.17. The van der Waals surface area contributed by atoms with Crippen LogP contribution >= 0.6 is 22.6 Å². The van der Waals surface area contributed by atoms with Crippen LogP contribution in [0.5, 0.6) is 0 Å². The van der Waals surface area contributed by atoms with Gasteiger partial charge in [-0.05, 0) is 59.3 Å². The van der Waals surface area contributed by atoms with Gasteiger partial charge in [-0.1, -0.05) is 0 Å². The largest absolute Gasteiger partial charge is 0.324 e. The molecule has 0 aliphatic rings. The maximum absolute atomic E-state index is 12.2. The van der Waals surface area contributed by atoms with E-state index < -0.39 is 21.5 Å². The fourth-order valence-electron chi connectivity index (χ4n) is 2.11. The monoisotopic (exact) mass is 475 g/mol. The van der Waals surface area contributed by atoms with E-state index in [0.29, 0.717) is 5.69 Å². The Morgan fingerprint density at radius 3 is 2.52 bits per heavy atom. The molecule has 0 saturated carbocycles. The maximum atomic E-state index is 12.2. The predicted molar refractivity (Wildman–Crippen MR) is 104 cm³/mol. The quantitative estimate of drug-likeness (QED) is 0.667. The van der Waals surface area contributed by atoms with Crippen LogP contribution in [0.2, 0.25) is 0 Å². The normalized spacial score (nSPS) is 11.6. The van der Waals surface area contributed by atoms with Crippen molar-refractivity contribution in [1.82, 2.24) is 8.87 Å². The average molecular weight is 475 g/mol. The minimum atomic E-state index is -3.68. The topological polar surface area (TPSA) is 88.5 Å². The van der Waals surface area contributed by atoms with E-state index in [2.05, 4.69) is 27.9 Å². The first kappa shape index (κ1) is 19.6. The summed E-state index contributed by atoms with van der Waals surface area (Å²) in [6.45, 7) is 1.59. The van der Waals surface area contributed by atoms with Gasteiger partial charge in [0.05, 0.1) is 4.90 Å². The van der Waals surface area contributed by atoms with Gasteiger partial charge in [-0.25, -0.2) is 12.7 Å². The molecule has 9 heteroatoms. The summed E-state index contributed by atoms with van der Waals surface area (Å²) in [5.74, 6) is -0.411. The minimum Gasteiger partial charge on any atom is -0.324 e. The molecule has 1 aromatic carbocycles. The molecule has 0 bridgehead atoms. The van der Waals surface area contributed by atoms with Gasteiger partial charge in [0.25, 0.3) is 5.56 Å². The van der Waals surface area contributed by atoms with E-state index in [4.69, 9.17) is 0 Å². The molecule has 7 nitrogen and oxygen atoms in total. The minimum absolute atomic E-state index is 0.0460. The van der Waals surface area contributed by atoms with Crippen LogP contribution < -0.4 is 10.9 Å². The van der Waals surface area contributed by atoms with Crippen LogP contribution in [0.1, 0.15) is 5.56 Å². The lowest BCUT2D eigenvalue weighted by molar-refractivity contribution is -0.116. The molecule has 0 aliphatic carbocycles. The van der Waals surface area contributed by atoms with Crippen LogP contribution in [0.4, 0.5) is 5.69 Å². The number of pyridine rings is 1. The third-order valence-electron chi connectivity index (χ3n) is 3.51. The molecule has 0 aliphatic heterocycles. The van der Waals surface area contributed by atoms with Crippen LogP contribution in [0.25, 0.3) is 0 Å². The van der Waals surface area contributed by atoms with E-state index in [1.807, 2.05) is 19.1 Å². The number of hydrogen-bond acceptors (Lipinski definition) is 4. The maximum Gasteiger partial charge on any atom is 0.251 e. The standard InChI is InChI=1S/C16H18IN3O4S/c1-11-8-12(17)4-6-14(11)18-15(21)10-20-9-13(5-7-16(20)22)25(23,24)19(2)3/h4-9H,10H2,1-3H3,(H,18,21). The van der Waals surface area contributed by atoms with Gasteiger partial charge >= 0.3 is 0 Å². The van der Waals surface area contributed by atoms with Crippen LogP contribution in [-0.4, -0.2) is 37.3 Å². The Morgan fingerprint density at radius 1 is 1.24 bits per heavy atom. The fourth-order valence-corrected chi connectivity index (χ4v) is 3.68. The number of halogens is 1. The Bertz CT molecular complexity index is 968. The van der Waals surface area contributed by atoms with Crippen molar-refractivity contribution in [2.75, 3.05) is 19.4 Å². The first-order valence-corrected chi connectivity index (χ1v) is 9.82. The third-order valence-corrected chi connectivity index (χ3v) is 5.98. The number of nitrogens with zero attached hydrogens (tertiary/aromatic N) is 2. The zero-order valence-electron chi connectivity index (χ0n) is 14.0. The Hall–Kier alpha value is -1.72. The number of aryl methyl sites for hydroxylation is 1. The summed E-state index contributed by atoms with van der Waals surface area (Å²) in [5.41, 5.74) is 1.10. The molecule has 1 amide bonds. The molecule has 25 heavy (non-hydrogen) atoms. The second-order valence-corrected chi connectivity index (χ2v) is 9.02. The molecular formula is C16H18IN3O4S. The first-order chi connectivity index (χ1) is 11.6. The van der Waals surface area contributed by atoms with Gasteiger partial charge in [-0.15, -0.1) is 0 Å². The summed E-state index contributed by atoms with van der Waals surface area (Å²) in [7, 11) is -0.882. The molecule has 2 aromatic rings. The molecule has 0 spiro atoms. The Balaban J connectivity index is 2.25. The van der Waals surface area contributed by atoms with Gasteiger partial charge in [0.2, 0.25) is 15.9 Å². The van der Waals surface area contributed by atoms with Crippen molar-refractivity contribution in [3.05, 3.63) is 56.0 Å². The van der Waals surface area contributed by atoms with Crippen LogP contribution in [0.15, 0.2) is 46.2 Å². The van der Waals surface area contributed by atoms with E-state index in [-0.39, 0.29) is 11.4 Å². The highest BCUT2D eigenvalue weighted by atomic mass is 127. The number of carbonyl (C=O) groups excluding carboxylic acids is 1. The lowest BCUT2D eigenvalue weighted by Crippen LogP contribution is -2.29.